The van der Waals surface area contributed by atoms with Crippen LogP contribution >= 0.6 is 24.3 Å². The Labute approximate surface area is 139 Å². The van der Waals surface area contributed by atoms with Crippen molar-refractivity contribution in [3.8, 4) is 0 Å². The van der Waals surface area contributed by atoms with E-state index in [1.807, 2.05) is 0 Å². The third-order valence-electron chi connectivity index (χ3n) is 3.62. The Morgan fingerprint density at radius 1 is 0.783 bits per heavy atom. The smallest absolute Gasteiger partial charge is 0.316 e. The molecule has 0 saturated carbocycles. The van der Waals surface area contributed by atoms with Crippen molar-refractivity contribution >= 4 is 36.2 Å². The summed E-state index contributed by atoms with van der Waals surface area (Å²) in [6.45, 7) is 0. The molecular weight excluding hydrogens is 342 g/mol. The number of rotatable bonds is 4. The van der Waals surface area contributed by atoms with E-state index in [1.165, 1.54) is 24.3 Å². The molecule has 0 atom stereocenters. The van der Waals surface area contributed by atoms with Crippen LogP contribution in [0.15, 0.2) is 58.3 Å². The van der Waals surface area contributed by atoms with Crippen molar-refractivity contribution in [2.45, 2.75) is 15.3 Å². The Balaban J connectivity index is 2.13. The summed E-state index contributed by atoms with van der Waals surface area (Å²) in [5.74, 6) is -0.538. The molecule has 0 unspecified atom stereocenters. The highest BCUT2D eigenvalue weighted by Gasteiger charge is 2.49. The van der Waals surface area contributed by atoms with Gasteiger partial charge in [0.05, 0.1) is 24.3 Å². The lowest BCUT2D eigenvalue weighted by Crippen LogP contribution is -2.44. The number of imide groups is 1. The standard InChI is InChI=1S/C15H10F2N2O2S2/c16-22-11-5-1-9(2-6-11)15(13(20)18-14(21)19-15)10-3-7-12(23-17)8-4-10/h1-8H,(H2,18,19,20,21). The van der Waals surface area contributed by atoms with E-state index in [4.69, 9.17) is 0 Å². The molecule has 1 fully saturated rings. The molecule has 8 heteroatoms. The summed E-state index contributed by atoms with van der Waals surface area (Å²) in [5, 5.41) is 4.84. The molecule has 3 rings (SSSR count). The molecule has 2 N–H and O–H groups in total. The van der Waals surface area contributed by atoms with Gasteiger partial charge in [-0.15, -0.1) is 0 Å². The summed E-state index contributed by atoms with van der Waals surface area (Å²) in [6, 6.07) is 11.8. The molecule has 1 aliphatic rings. The zero-order chi connectivity index (χ0) is 16.4. The monoisotopic (exact) mass is 352 g/mol. The predicted octanol–water partition coefficient (Wildman–Crippen LogP) is 3.72. The second-order valence-corrected chi connectivity index (χ2v) is 6.11. The van der Waals surface area contributed by atoms with Crippen LogP contribution in [0.25, 0.3) is 0 Å². The molecule has 0 aromatic heterocycles. The van der Waals surface area contributed by atoms with Gasteiger partial charge in [0.1, 0.15) is 0 Å². The van der Waals surface area contributed by atoms with Crippen LogP contribution in [0, 0.1) is 0 Å². The van der Waals surface area contributed by atoms with E-state index < -0.39 is 17.5 Å². The van der Waals surface area contributed by atoms with Crippen LogP contribution in [0.1, 0.15) is 11.1 Å². The fourth-order valence-corrected chi connectivity index (χ4v) is 3.02. The van der Waals surface area contributed by atoms with Crippen molar-refractivity contribution in [3.63, 3.8) is 0 Å². The number of carbonyl (C=O) groups is 2. The third kappa shape index (κ3) is 2.68. The number of amides is 3. The SMILES string of the molecule is O=C1NC(=O)C(c2ccc(SF)cc2)(c2ccc(SF)cc2)N1. The van der Waals surface area contributed by atoms with Crippen molar-refractivity contribution < 1.29 is 17.4 Å². The molecule has 3 amide bonds. The van der Waals surface area contributed by atoms with Crippen LogP contribution in [0.3, 0.4) is 0 Å². The zero-order valence-corrected chi connectivity index (χ0v) is 13.1. The van der Waals surface area contributed by atoms with Gasteiger partial charge in [0.2, 0.25) is 0 Å². The van der Waals surface area contributed by atoms with Gasteiger partial charge in [-0.25, -0.2) is 4.79 Å². The van der Waals surface area contributed by atoms with Crippen molar-refractivity contribution in [2.75, 3.05) is 0 Å². The van der Waals surface area contributed by atoms with Gasteiger partial charge in [-0.3, -0.25) is 10.1 Å². The maximum Gasteiger partial charge on any atom is 0.322 e. The normalized spacial score (nSPS) is 16.1. The maximum absolute atomic E-state index is 12.6. The lowest BCUT2D eigenvalue weighted by molar-refractivity contribution is -0.122. The molecule has 0 spiro atoms. The molecule has 23 heavy (non-hydrogen) atoms. The van der Waals surface area contributed by atoms with Crippen LogP contribution in [-0.2, 0) is 10.3 Å². The third-order valence-corrected chi connectivity index (χ3v) is 4.52. The first-order chi connectivity index (χ1) is 11.1. The lowest BCUT2D eigenvalue weighted by atomic mass is 9.83. The molecular formula is C15H10F2N2O2S2. The second-order valence-electron chi connectivity index (χ2n) is 4.86. The molecule has 0 radical (unpaired) electrons. The number of urea groups is 1. The highest BCUT2D eigenvalue weighted by Crippen LogP contribution is 2.35. The molecule has 4 nitrogen and oxygen atoms in total. The van der Waals surface area contributed by atoms with Crippen LogP contribution in [-0.4, -0.2) is 11.9 Å². The Hall–Kier alpha value is -2.06. The van der Waals surface area contributed by atoms with Gasteiger partial charge >= 0.3 is 6.03 Å². The largest absolute Gasteiger partial charge is 0.322 e. The molecule has 1 heterocycles. The number of hydrogen-bond acceptors (Lipinski definition) is 4. The van der Waals surface area contributed by atoms with Gasteiger partial charge in [0.15, 0.2) is 5.54 Å². The van der Waals surface area contributed by atoms with E-state index in [2.05, 4.69) is 10.6 Å². The number of halogens is 2. The predicted molar refractivity (Wildman–Crippen MR) is 84.3 cm³/mol. The first-order valence-corrected chi connectivity index (χ1v) is 7.95. The highest BCUT2D eigenvalue weighted by molar-refractivity contribution is 7.94. The Bertz CT molecular complexity index is 704. The molecule has 1 saturated heterocycles. The Morgan fingerprint density at radius 3 is 1.52 bits per heavy atom. The Kier molecular flexibility index (Phi) is 4.27. The number of benzene rings is 2. The number of nitrogens with one attached hydrogen (secondary N) is 2. The summed E-state index contributed by atoms with van der Waals surface area (Å²) in [6.07, 6.45) is 0. The summed E-state index contributed by atoms with van der Waals surface area (Å²) >= 11 is 0.177. The first kappa shape index (κ1) is 15.8. The fourth-order valence-electron chi connectivity index (χ4n) is 2.54. The van der Waals surface area contributed by atoms with Crippen molar-refractivity contribution in [1.82, 2.24) is 10.6 Å². The van der Waals surface area contributed by atoms with Gasteiger partial charge in [-0.2, -0.15) is 7.77 Å². The highest BCUT2D eigenvalue weighted by atomic mass is 32.2. The van der Waals surface area contributed by atoms with Crippen LogP contribution in [0.2, 0.25) is 0 Å². The average Bonchev–Trinajstić information content (AvgIpc) is 2.90. The van der Waals surface area contributed by atoms with Gasteiger partial charge in [0.25, 0.3) is 5.91 Å². The minimum absolute atomic E-state index is 0.0887. The van der Waals surface area contributed by atoms with E-state index in [-0.39, 0.29) is 24.3 Å². The molecule has 118 valence electrons. The zero-order valence-electron chi connectivity index (χ0n) is 11.5. The van der Waals surface area contributed by atoms with Gasteiger partial charge in [-0.05, 0) is 35.4 Å². The molecule has 0 aliphatic carbocycles. The van der Waals surface area contributed by atoms with E-state index in [9.17, 15) is 17.4 Å². The first-order valence-electron chi connectivity index (χ1n) is 6.52. The molecule has 0 bridgehead atoms. The summed E-state index contributed by atoms with van der Waals surface area (Å²) < 4.78 is 25.2. The topological polar surface area (TPSA) is 58.2 Å². The maximum atomic E-state index is 12.6. The van der Waals surface area contributed by atoms with Gasteiger partial charge in [0, 0.05) is 9.79 Å². The summed E-state index contributed by atoms with van der Waals surface area (Å²) in [4.78, 5) is 24.9. The number of hydrogen-bond donors (Lipinski definition) is 2. The minimum Gasteiger partial charge on any atom is -0.316 e. The van der Waals surface area contributed by atoms with Crippen molar-refractivity contribution in [3.05, 3.63) is 59.7 Å². The second kappa shape index (κ2) is 6.21. The Morgan fingerprint density at radius 2 is 1.22 bits per heavy atom. The molecule has 2 aromatic rings. The lowest BCUT2D eigenvalue weighted by Gasteiger charge is -2.27. The number of carbonyl (C=O) groups excluding carboxylic acids is 2. The van der Waals surface area contributed by atoms with Crippen LogP contribution in [0.4, 0.5) is 12.6 Å². The minimum atomic E-state index is -1.42. The summed E-state index contributed by atoms with van der Waals surface area (Å²) in [7, 11) is 0. The van der Waals surface area contributed by atoms with Gasteiger partial charge < -0.3 is 5.32 Å². The fraction of sp³-hybridized carbons (Fsp3) is 0.0667. The van der Waals surface area contributed by atoms with Gasteiger partial charge in [-0.1, -0.05) is 24.3 Å². The van der Waals surface area contributed by atoms with Crippen molar-refractivity contribution in [1.29, 1.82) is 0 Å². The summed E-state index contributed by atoms with van der Waals surface area (Å²) in [5.41, 5.74) is -0.450. The quantitative estimate of drug-likeness (QED) is 0.824. The van der Waals surface area contributed by atoms with E-state index in [0.29, 0.717) is 20.9 Å². The van der Waals surface area contributed by atoms with Crippen LogP contribution < -0.4 is 10.6 Å². The molecule has 2 aromatic carbocycles. The van der Waals surface area contributed by atoms with Crippen LogP contribution in [0.5, 0.6) is 0 Å². The molecule has 1 aliphatic heterocycles. The van der Waals surface area contributed by atoms with Crippen molar-refractivity contribution in [2.24, 2.45) is 0 Å². The van der Waals surface area contributed by atoms with E-state index >= 15 is 0 Å². The average molecular weight is 352 g/mol. The van der Waals surface area contributed by atoms with E-state index in [0.717, 1.165) is 0 Å². The van der Waals surface area contributed by atoms with E-state index in [1.54, 1.807) is 24.3 Å².